The number of nitrogens with two attached hydrogens (primary N) is 1. The summed E-state index contributed by atoms with van der Waals surface area (Å²) in [6.45, 7) is 1.69. The monoisotopic (exact) mass is 270 g/mol. The van der Waals surface area contributed by atoms with Crippen molar-refractivity contribution < 1.29 is 4.39 Å². The molecule has 0 saturated heterocycles. The van der Waals surface area contributed by atoms with Crippen LogP contribution in [0, 0.1) is 12.7 Å². The minimum atomic E-state index is -0.558. The molecular formula is C10H8BrFN2O. The molecule has 1 aromatic carbocycles. The number of nitrogen functional groups attached to an aromatic ring is 1. The van der Waals surface area contributed by atoms with Crippen molar-refractivity contribution in [3.63, 3.8) is 0 Å². The molecule has 2 rings (SSSR count). The molecule has 0 aliphatic heterocycles. The summed E-state index contributed by atoms with van der Waals surface area (Å²) in [5, 5.41) is 0.552. The first kappa shape index (κ1) is 10.2. The number of pyridine rings is 1. The minimum absolute atomic E-state index is 0.0116. The summed E-state index contributed by atoms with van der Waals surface area (Å²) in [6, 6.07) is 4.48. The van der Waals surface area contributed by atoms with Gasteiger partial charge < -0.3 is 5.84 Å². The topological polar surface area (TPSA) is 48.0 Å². The lowest BCUT2D eigenvalue weighted by molar-refractivity contribution is 0.637. The van der Waals surface area contributed by atoms with Gasteiger partial charge in [0, 0.05) is 9.86 Å². The molecule has 0 aliphatic rings. The van der Waals surface area contributed by atoms with Crippen LogP contribution in [0.15, 0.2) is 27.5 Å². The van der Waals surface area contributed by atoms with Crippen molar-refractivity contribution >= 4 is 26.7 Å². The molecular weight excluding hydrogens is 263 g/mol. The summed E-state index contributed by atoms with van der Waals surface area (Å²) >= 11 is 3.29. The third kappa shape index (κ3) is 1.34. The van der Waals surface area contributed by atoms with Crippen LogP contribution >= 0.6 is 15.9 Å². The second-order valence-corrected chi connectivity index (χ2v) is 4.03. The standard InChI is InChI=1S/C10H8BrFN2O/c1-5-9(11)6-3-2-4-7(12)8(6)10(15)14(5)13/h2-4H,13H2,1H3. The average Bonchev–Trinajstić information content (AvgIpc) is 2.23. The molecule has 0 unspecified atom stereocenters. The molecule has 0 spiro atoms. The van der Waals surface area contributed by atoms with Crippen molar-refractivity contribution in [3.8, 4) is 0 Å². The molecule has 0 atom stereocenters. The molecule has 0 bridgehead atoms. The zero-order valence-electron chi connectivity index (χ0n) is 7.92. The molecule has 0 aliphatic carbocycles. The van der Waals surface area contributed by atoms with E-state index in [0.717, 1.165) is 4.68 Å². The van der Waals surface area contributed by atoms with Gasteiger partial charge in [-0.25, -0.2) is 9.07 Å². The van der Waals surface area contributed by atoms with Crippen molar-refractivity contribution in [2.45, 2.75) is 6.92 Å². The van der Waals surface area contributed by atoms with Crippen molar-refractivity contribution in [1.82, 2.24) is 4.68 Å². The van der Waals surface area contributed by atoms with E-state index < -0.39 is 11.4 Å². The van der Waals surface area contributed by atoms with Gasteiger partial charge in [-0.1, -0.05) is 12.1 Å². The van der Waals surface area contributed by atoms with E-state index in [-0.39, 0.29) is 5.39 Å². The zero-order valence-corrected chi connectivity index (χ0v) is 9.51. The summed E-state index contributed by atoms with van der Waals surface area (Å²) in [5.74, 6) is 4.97. The number of rotatable bonds is 0. The maximum absolute atomic E-state index is 13.4. The Kier molecular flexibility index (Phi) is 2.26. The molecule has 0 fully saturated rings. The highest BCUT2D eigenvalue weighted by molar-refractivity contribution is 9.10. The van der Waals surface area contributed by atoms with Crippen LogP contribution in [-0.2, 0) is 0 Å². The highest BCUT2D eigenvalue weighted by Gasteiger charge is 2.13. The summed E-state index contributed by atoms with van der Waals surface area (Å²) in [6.07, 6.45) is 0. The fraction of sp³-hybridized carbons (Fsp3) is 0.100. The van der Waals surface area contributed by atoms with Crippen molar-refractivity contribution in [3.05, 3.63) is 44.5 Å². The molecule has 0 radical (unpaired) electrons. The molecule has 5 heteroatoms. The third-order valence-corrected chi connectivity index (χ3v) is 3.36. The molecule has 2 aromatic rings. The Bertz CT molecular complexity index is 606. The van der Waals surface area contributed by atoms with E-state index in [1.54, 1.807) is 19.1 Å². The smallest absolute Gasteiger partial charge is 0.279 e. The van der Waals surface area contributed by atoms with Crippen LogP contribution in [0.2, 0.25) is 0 Å². The van der Waals surface area contributed by atoms with Crippen molar-refractivity contribution in [1.29, 1.82) is 0 Å². The Morgan fingerprint density at radius 3 is 2.80 bits per heavy atom. The summed E-state index contributed by atoms with van der Waals surface area (Å²) in [4.78, 5) is 11.7. The quantitative estimate of drug-likeness (QED) is 0.744. The first-order valence-corrected chi connectivity index (χ1v) is 5.07. The van der Waals surface area contributed by atoms with Gasteiger partial charge >= 0.3 is 0 Å². The Hall–Kier alpha value is -1.36. The SMILES string of the molecule is Cc1c(Br)c2cccc(F)c2c(=O)n1N. The van der Waals surface area contributed by atoms with Crippen LogP contribution in [0.4, 0.5) is 4.39 Å². The fourth-order valence-electron chi connectivity index (χ4n) is 1.50. The van der Waals surface area contributed by atoms with Gasteiger partial charge in [0.2, 0.25) is 0 Å². The van der Waals surface area contributed by atoms with Crippen LogP contribution in [0.5, 0.6) is 0 Å². The molecule has 2 N–H and O–H groups in total. The number of fused-ring (bicyclic) bond motifs is 1. The van der Waals surface area contributed by atoms with Gasteiger partial charge in [-0.3, -0.25) is 4.79 Å². The van der Waals surface area contributed by atoms with E-state index in [1.165, 1.54) is 6.07 Å². The van der Waals surface area contributed by atoms with Crippen molar-refractivity contribution in [2.24, 2.45) is 0 Å². The molecule has 0 amide bonds. The van der Waals surface area contributed by atoms with Crippen molar-refractivity contribution in [2.75, 3.05) is 5.84 Å². The van der Waals surface area contributed by atoms with Crippen LogP contribution in [-0.4, -0.2) is 4.68 Å². The Morgan fingerprint density at radius 1 is 1.47 bits per heavy atom. The van der Waals surface area contributed by atoms with E-state index >= 15 is 0 Å². The maximum atomic E-state index is 13.4. The van der Waals surface area contributed by atoms with E-state index in [9.17, 15) is 9.18 Å². The van der Waals surface area contributed by atoms with E-state index in [2.05, 4.69) is 15.9 Å². The third-order valence-electron chi connectivity index (χ3n) is 2.36. The van der Waals surface area contributed by atoms with Gasteiger partial charge in [-0.05, 0) is 28.9 Å². The molecule has 15 heavy (non-hydrogen) atoms. The van der Waals surface area contributed by atoms with Gasteiger partial charge in [0.15, 0.2) is 0 Å². The Labute approximate surface area is 93.4 Å². The van der Waals surface area contributed by atoms with Gasteiger partial charge in [-0.15, -0.1) is 0 Å². The first-order valence-electron chi connectivity index (χ1n) is 4.28. The predicted molar refractivity (Wildman–Crippen MR) is 60.8 cm³/mol. The molecule has 3 nitrogen and oxygen atoms in total. The lowest BCUT2D eigenvalue weighted by Crippen LogP contribution is -2.30. The zero-order chi connectivity index (χ0) is 11.2. The van der Waals surface area contributed by atoms with Crippen LogP contribution in [0.3, 0.4) is 0 Å². The number of hydrogen-bond donors (Lipinski definition) is 1. The van der Waals surface area contributed by atoms with E-state index in [1.807, 2.05) is 0 Å². The van der Waals surface area contributed by atoms with Gasteiger partial charge in [0.05, 0.1) is 11.1 Å². The second kappa shape index (κ2) is 3.34. The molecule has 0 saturated carbocycles. The lowest BCUT2D eigenvalue weighted by Gasteiger charge is -2.09. The fourth-order valence-corrected chi connectivity index (χ4v) is 2.02. The summed E-state index contributed by atoms with van der Waals surface area (Å²) < 4.78 is 15.0. The Balaban J connectivity index is 3.15. The number of nitrogens with zero attached hydrogens (tertiary/aromatic N) is 1. The predicted octanol–water partition coefficient (Wildman–Crippen LogP) is 1.93. The van der Waals surface area contributed by atoms with E-state index in [0.29, 0.717) is 15.6 Å². The Morgan fingerprint density at radius 2 is 2.13 bits per heavy atom. The summed E-state index contributed by atoms with van der Waals surface area (Å²) in [7, 11) is 0. The van der Waals surface area contributed by atoms with Gasteiger partial charge in [0.25, 0.3) is 5.56 Å². The van der Waals surface area contributed by atoms with Gasteiger partial charge in [-0.2, -0.15) is 0 Å². The van der Waals surface area contributed by atoms with Crippen LogP contribution < -0.4 is 11.4 Å². The van der Waals surface area contributed by atoms with Crippen LogP contribution in [0.25, 0.3) is 10.8 Å². The normalized spacial score (nSPS) is 10.9. The van der Waals surface area contributed by atoms with Gasteiger partial charge in [0.1, 0.15) is 5.82 Å². The first-order chi connectivity index (χ1) is 7.04. The molecule has 1 heterocycles. The average molecular weight is 271 g/mol. The number of aromatic nitrogens is 1. The minimum Gasteiger partial charge on any atom is -0.336 e. The molecule has 1 aromatic heterocycles. The number of hydrogen-bond acceptors (Lipinski definition) is 2. The molecule has 78 valence electrons. The highest BCUT2D eigenvalue weighted by atomic mass is 79.9. The number of benzene rings is 1. The number of halogens is 2. The highest BCUT2D eigenvalue weighted by Crippen LogP contribution is 2.25. The summed E-state index contributed by atoms with van der Waals surface area (Å²) in [5.41, 5.74) is 0.0434. The van der Waals surface area contributed by atoms with E-state index in [4.69, 9.17) is 5.84 Å². The second-order valence-electron chi connectivity index (χ2n) is 3.24. The maximum Gasteiger partial charge on any atom is 0.279 e. The van der Waals surface area contributed by atoms with Crippen LogP contribution in [0.1, 0.15) is 5.69 Å². The lowest BCUT2D eigenvalue weighted by atomic mass is 10.1. The largest absolute Gasteiger partial charge is 0.336 e.